The summed E-state index contributed by atoms with van der Waals surface area (Å²) in [5, 5.41) is 2.81. The summed E-state index contributed by atoms with van der Waals surface area (Å²) in [7, 11) is 0. The molecule has 0 bridgehead atoms. The van der Waals surface area contributed by atoms with Crippen LogP contribution in [0.15, 0.2) is 35.1 Å². The van der Waals surface area contributed by atoms with Gasteiger partial charge >= 0.3 is 0 Å². The maximum atomic E-state index is 12.1. The molecule has 0 radical (unpaired) electrons. The summed E-state index contributed by atoms with van der Waals surface area (Å²) in [6.45, 7) is 6.34. The van der Waals surface area contributed by atoms with E-state index in [0.29, 0.717) is 6.54 Å². The van der Waals surface area contributed by atoms with E-state index in [1.54, 1.807) is 17.8 Å². The topological polar surface area (TPSA) is 62.0 Å². The minimum absolute atomic E-state index is 0.178. The third-order valence-corrected chi connectivity index (χ3v) is 4.80. The summed E-state index contributed by atoms with van der Waals surface area (Å²) in [4.78, 5) is 26.6. The first kappa shape index (κ1) is 17.3. The van der Waals surface area contributed by atoms with Crippen LogP contribution in [0.5, 0.6) is 0 Å². The largest absolute Gasteiger partial charge is 0.351 e. The number of aryl methyl sites for hydroxylation is 3. The Morgan fingerprint density at radius 2 is 1.91 bits per heavy atom. The molecular formula is C18H22N2O2S. The summed E-state index contributed by atoms with van der Waals surface area (Å²) >= 11 is 1.77. The number of hydrogen-bond acceptors (Lipinski definition) is 3. The Kier molecular flexibility index (Phi) is 6.04. The smallest absolute Gasteiger partial charge is 0.261 e. The van der Waals surface area contributed by atoms with Gasteiger partial charge in [0.25, 0.3) is 11.5 Å². The van der Waals surface area contributed by atoms with Gasteiger partial charge in [0.1, 0.15) is 5.56 Å². The van der Waals surface area contributed by atoms with Crippen molar-refractivity contribution >= 4 is 17.7 Å². The van der Waals surface area contributed by atoms with E-state index >= 15 is 0 Å². The van der Waals surface area contributed by atoms with E-state index in [1.807, 2.05) is 26.0 Å². The first-order valence-electron chi connectivity index (χ1n) is 7.60. The van der Waals surface area contributed by atoms with Crippen molar-refractivity contribution in [3.05, 3.63) is 68.6 Å². The first-order valence-corrected chi connectivity index (χ1v) is 8.75. The minimum Gasteiger partial charge on any atom is -0.351 e. The molecule has 0 saturated heterocycles. The molecule has 1 aromatic heterocycles. The van der Waals surface area contributed by atoms with Gasteiger partial charge in [0, 0.05) is 23.7 Å². The number of hydrogen-bond donors (Lipinski definition) is 2. The van der Waals surface area contributed by atoms with Gasteiger partial charge in [-0.1, -0.05) is 24.3 Å². The van der Waals surface area contributed by atoms with Gasteiger partial charge < -0.3 is 10.3 Å². The van der Waals surface area contributed by atoms with Gasteiger partial charge in [-0.2, -0.15) is 11.8 Å². The molecular weight excluding hydrogens is 308 g/mol. The standard InChI is InChI=1S/C18H22N2O2S/c1-12-6-4-5-7-15(12)11-23-9-8-19-17(21)16-10-13(2)14(3)20-18(16)22/h4-7,10H,8-9,11H2,1-3H3,(H,19,21)(H,20,22). The van der Waals surface area contributed by atoms with Crippen LogP contribution in [-0.4, -0.2) is 23.2 Å². The zero-order chi connectivity index (χ0) is 16.8. The van der Waals surface area contributed by atoms with Crippen LogP contribution in [0.25, 0.3) is 0 Å². The van der Waals surface area contributed by atoms with Crippen molar-refractivity contribution in [1.82, 2.24) is 10.3 Å². The maximum Gasteiger partial charge on any atom is 0.261 e. The lowest BCUT2D eigenvalue weighted by atomic mass is 10.1. The second kappa shape index (κ2) is 8.02. The number of pyridine rings is 1. The van der Waals surface area contributed by atoms with Crippen LogP contribution in [0.3, 0.4) is 0 Å². The quantitative estimate of drug-likeness (QED) is 0.801. The molecule has 122 valence electrons. The monoisotopic (exact) mass is 330 g/mol. The number of amides is 1. The van der Waals surface area contributed by atoms with Gasteiger partial charge in [0.05, 0.1) is 0 Å². The van der Waals surface area contributed by atoms with Crippen molar-refractivity contribution in [2.75, 3.05) is 12.3 Å². The number of aromatic amines is 1. The van der Waals surface area contributed by atoms with Gasteiger partial charge in [0.2, 0.25) is 0 Å². The second-order valence-electron chi connectivity index (χ2n) is 5.56. The van der Waals surface area contributed by atoms with Gasteiger partial charge in [-0.05, 0) is 43.5 Å². The molecule has 2 aromatic rings. The molecule has 5 heteroatoms. The number of rotatable bonds is 6. The number of nitrogens with one attached hydrogen (secondary N) is 2. The second-order valence-corrected chi connectivity index (χ2v) is 6.66. The van der Waals surface area contributed by atoms with E-state index in [4.69, 9.17) is 0 Å². The van der Waals surface area contributed by atoms with Crippen LogP contribution < -0.4 is 10.9 Å². The van der Waals surface area contributed by atoms with Crippen LogP contribution in [0.4, 0.5) is 0 Å². The molecule has 4 nitrogen and oxygen atoms in total. The van der Waals surface area contributed by atoms with Gasteiger partial charge in [-0.25, -0.2) is 0 Å². The van der Waals surface area contributed by atoms with E-state index in [-0.39, 0.29) is 17.0 Å². The summed E-state index contributed by atoms with van der Waals surface area (Å²) in [5.41, 5.74) is 4.14. The lowest BCUT2D eigenvalue weighted by molar-refractivity contribution is 0.0954. The van der Waals surface area contributed by atoms with Gasteiger partial charge in [-0.3, -0.25) is 9.59 Å². The molecule has 0 aliphatic heterocycles. The third kappa shape index (κ3) is 4.73. The summed E-state index contributed by atoms with van der Waals surface area (Å²) < 4.78 is 0. The lowest BCUT2D eigenvalue weighted by Crippen LogP contribution is -2.31. The van der Waals surface area contributed by atoms with Gasteiger partial charge in [0.15, 0.2) is 0 Å². The Labute approximate surface area is 140 Å². The van der Waals surface area contributed by atoms with Crippen molar-refractivity contribution in [2.24, 2.45) is 0 Å². The Morgan fingerprint density at radius 1 is 1.17 bits per heavy atom. The molecule has 1 heterocycles. The minimum atomic E-state index is -0.335. The average molecular weight is 330 g/mol. The van der Waals surface area contributed by atoms with Crippen molar-refractivity contribution in [3.63, 3.8) is 0 Å². The molecule has 0 atom stereocenters. The Bertz CT molecular complexity index is 753. The average Bonchev–Trinajstić information content (AvgIpc) is 2.52. The number of carbonyl (C=O) groups is 1. The fourth-order valence-corrected chi connectivity index (χ4v) is 3.12. The van der Waals surface area contributed by atoms with E-state index in [0.717, 1.165) is 22.8 Å². The Balaban J connectivity index is 1.81. The fraction of sp³-hybridized carbons (Fsp3) is 0.333. The maximum absolute atomic E-state index is 12.1. The van der Waals surface area contributed by atoms with E-state index in [1.165, 1.54) is 11.1 Å². The number of H-pyrrole nitrogens is 1. The fourth-order valence-electron chi connectivity index (χ4n) is 2.18. The highest BCUT2D eigenvalue weighted by Crippen LogP contribution is 2.15. The third-order valence-electron chi connectivity index (χ3n) is 3.79. The molecule has 2 rings (SSSR count). The zero-order valence-corrected chi connectivity index (χ0v) is 14.5. The molecule has 0 aliphatic rings. The number of carbonyl (C=O) groups excluding carboxylic acids is 1. The lowest BCUT2D eigenvalue weighted by Gasteiger charge is -2.08. The van der Waals surface area contributed by atoms with Crippen LogP contribution in [-0.2, 0) is 5.75 Å². The number of aromatic nitrogens is 1. The van der Waals surface area contributed by atoms with Crippen LogP contribution in [0, 0.1) is 20.8 Å². The number of benzene rings is 1. The molecule has 1 amide bonds. The highest BCUT2D eigenvalue weighted by Gasteiger charge is 2.11. The molecule has 0 unspecified atom stereocenters. The molecule has 0 fully saturated rings. The van der Waals surface area contributed by atoms with Gasteiger partial charge in [-0.15, -0.1) is 0 Å². The normalized spacial score (nSPS) is 10.6. The van der Waals surface area contributed by atoms with Crippen LogP contribution in [0.2, 0.25) is 0 Å². The van der Waals surface area contributed by atoms with Crippen molar-refractivity contribution in [1.29, 1.82) is 0 Å². The molecule has 2 N–H and O–H groups in total. The molecule has 0 saturated carbocycles. The Hall–Kier alpha value is -2.01. The predicted octanol–water partition coefficient (Wildman–Crippen LogP) is 2.96. The molecule has 23 heavy (non-hydrogen) atoms. The van der Waals surface area contributed by atoms with Crippen LogP contribution >= 0.6 is 11.8 Å². The van der Waals surface area contributed by atoms with E-state index in [2.05, 4.69) is 29.4 Å². The highest BCUT2D eigenvalue weighted by atomic mass is 32.2. The van der Waals surface area contributed by atoms with Crippen molar-refractivity contribution < 1.29 is 4.79 Å². The molecule has 0 aliphatic carbocycles. The van der Waals surface area contributed by atoms with Crippen molar-refractivity contribution in [2.45, 2.75) is 26.5 Å². The van der Waals surface area contributed by atoms with Crippen LogP contribution in [0.1, 0.15) is 32.7 Å². The molecule has 0 spiro atoms. The number of thioether (sulfide) groups is 1. The zero-order valence-electron chi connectivity index (χ0n) is 13.7. The summed E-state index contributed by atoms with van der Waals surface area (Å²) in [6, 6.07) is 9.94. The van der Waals surface area contributed by atoms with Crippen molar-refractivity contribution in [3.8, 4) is 0 Å². The Morgan fingerprint density at radius 3 is 2.65 bits per heavy atom. The SMILES string of the molecule is Cc1ccccc1CSCCNC(=O)c1cc(C)c(C)[nH]c1=O. The first-order chi connectivity index (χ1) is 11.0. The summed E-state index contributed by atoms with van der Waals surface area (Å²) in [6.07, 6.45) is 0. The highest BCUT2D eigenvalue weighted by molar-refractivity contribution is 7.98. The predicted molar refractivity (Wildman–Crippen MR) is 96.2 cm³/mol. The van der Waals surface area contributed by atoms with E-state index in [9.17, 15) is 9.59 Å². The van der Waals surface area contributed by atoms with E-state index < -0.39 is 0 Å². The summed E-state index contributed by atoms with van der Waals surface area (Å²) in [5.74, 6) is 1.42. The molecule has 1 aromatic carbocycles.